The van der Waals surface area contributed by atoms with Gasteiger partial charge in [0.05, 0.1) is 0 Å². The van der Waals surface area contributed by atoms with Gasteiger partial charge in [0.15, 0.2) is 0 Å². The van der Waals surface area contributed by atoms with Crippen LogP contribution in [0.5, 0.6) is 0 Å². The molecule has 0 aromatic heterocycles. The number of rotatable bonds is 6. The van der Waals surface area contributed by atoms with Crippen molar-refractivity contribution in [2.45, 2.75) is 58.8 Å². The molecule has 0 fully saturated rings. The highest BCUT2D eigenvalue weighted by Gasteiger charge is 2.08. The molecule has 0 saturated carbocycles. The summed E-state index contributed by atoms with van der Waals surface area (Å²) in [5.41, 5.74) is 3.30. The van der Waals surface area contributed by atoms with Gasteiger partial charge in [-0.1, -0.05) is 38.8 Å². The van der Waals surface area contributed by atoms with Crippen LogP contribution in [0.4, 0.5) is 0 Å². The second-order valence-electron chi connectivity index (χ2n) is 3.90. The van der Waals surface area contributed by atoms with Crippen molar-refractivity contribution in [3.8, 4) is 0 Å². The standard InChI is InChI=1S/C13H22/c1-3-5-8-12-10-7-11-13(12)9-6-4-2/h10-11H,3-9H2,1-2H3. The summed E-state index contributed by atoms with van der Waals surface area (Å²) in [6.45, 7) is 4.54. The Kier molecular flexibility index (Phi) is 4.88. The third-order valence-corrected chi connectivity index (χ3v) is 2.74. The molecule has 0 aromatic rings. The zero-order valence-electron chi connectivity index (χ0n) is 9.10. The maximum Gasteiger partial charge on any atom is -0.0157 e. The van der Waals surface area contributed by atoms with Crippen molar-refractivity contribution >= 4 is 0 Å². The van der Waals surface area contributed by atoms with E-state index in [1.807, 2.05) is 0 Å². The fraction of sp³-hybridized carbons (Fsp3) is 0.692. The predicted molar refractivity (Wildman–Crippen MR) is 59.8 cm³/mol. The summed E-state index contributed by atoms with van der Waals surface area (Å²) < 4.78 is 0. The van der Waals surface area contributed by atoms with E-state index in [9.17, 15) is 0 Å². The van der Waals surface area contributed by atoms with E-state index < -0.39 is 0 Å². The first-order valence-corrected chi connectivity index (χ1v) is 5.77. The molecule has 0 atom stereocenters. The molecule has 74 valence electrons. The Hall–Kier alpha value is -0.520. The molecule has 1 aliphatic rings. The molecule has 1 aliphatic carbocycles. The Bertz CT molecular complexity index is 174. The molecule has 0 nitrogen and oxygen atoms in total. The normalized spacial score (nSPS) is 15.8. The Morgan fingerprint density at radius 1 is 0.923 bits per heavy atom. The van der Waals surface area contributed by atoms with Crippen LogP contribution in [0, 0.1) is 0 Å². The zero-order chi connectivity index (χ0) is 9.52. The summed E-state index contributed by atoms with van der Waals surface area (Å²) in [7, 11) is 0. The summed E-state index contributed by atoms with van der Waals surface area (Å²) in [6, 6.07) is 0. The van der Waals surface area contributed by atoms with Crippen LogP contribution in [-0.2, 0) is 0 Å². The van der Waals surface area contributed by atoms with Crippen molar-refractivity contribution in [1.29, 1.82) is 0 Å². The number of hydrogen-bond acceptors (Lipinski definition) is 0. The fourth-order valence-corrected chi connectivity index (χ4v) is 1.87. The quantitative estimate of drug-likeness (QED) is 0.556. The number of allylic oxidation sites excluding steroid dienone is 4. The van der Waals surface area contributed by atoms with Crippen LogP contribution in [0.25, 0.3) is 0 Å². The predicted octanol–water partition coefficient (Wildman–Crippen LogP) is 4.62. The lowest BCUT2D eigenvalue weighted by Gasteiger charge is -2.07. The van der Waals surface area contributed by atoms with Crippen LogP contribution in [0.2, 0.25) is 0 Å². The van der Waals surface area contributed by atoms with Gasteiger partial charge in [-0.25, -0.2) is 0 Å². The minimum atomic E-state index is 1.19. The average Bonchev–Trinajstić information content (AvgIpc) is 2.59. The molecule has 0 spiro atoms. The number of unbranched alkanes of at least 4 members (excludes halogenated alkanes) is 2. The van der Waals surface area contributed by atoms with E-state index >= 15 is 0 Å². The van der Waals surface area contributed by atoms with Gasteiger partial charge in [0, 0.05) is 0 Å². The third kappa shape index (κ3) is 3.38. The van der Waals surface area contributed by atoms with Crippen molar-refractivity contribution in [1.82, 2.24) is 0 Å². The summed E-state index contributed by atoms with van der Waals surface area (Å²) in [4.78, 5) is 0. The van der Waals surface area contributed by atoms with Crippen molar-refractivity contribution in [3.63, 3.8) is 0 Å². The molecule has 0 saturated heterocycles. The molecule has 0 N–H and O–H groups in total. The summed E-state index contributed by atoms with van der Waals surface area (Å²) in [5, 5.41) is 0. The van der Waals surface area contributed by atoms with Gasteiger partial charge in [0.1, 0.15) is 0 Å². The second kappa shape index (κ2) is 6.01. The Morgan fingerprint density at radius 3 is 1.77 bits per heavy atom. The highest BCUT2D eigenvalue weighted by atomic mass is 14.1. The monoisotopic (exact) mass is 178 g/mol. The van der Waals surface area contributed by atoms with Crippen LogP contribution in [0.3, 0.4) is 0 Å². The Balaban J connectivity index is 2.33. The first-order valence-electron chi connectivity index (χ1n) is 5.77. The van der Waals surface area contributed by atoms with E-state index in [1.165, 1.54) is 44.9 Å². The number of hydrogen-bond donors (Lipinski definition) is 0. The maximum atomic E-state index is 2.42. The fourth-order valence-electron chi connectivity index (χ4n) is 1.87. The van der Waals surface area contributed by atoms with Crippen LogP contribution in [0.15, 0.2) is 23.3 Å². The summed E-state index contributed by atoms with van der Waals surface area (Å²) in [5.74, 6) is 0. The van der Waals surface area contributed by atoms with Crippen molar-refractivity contribution in [3.05, 3.63) is 23.3 Å². The first-order chi connectivity index (χ1) is 6.38. The lowest BCUT2D eigenvalue weighted by atomic mass is 9.99. The first kappa shape index (κ1) is 10.6. The molecule has 0 amide bonds. The average molecular weight is 178 g/mol. The van der Waals surface area contributed by atoms with E-state index in [1.54, 1.807) is 11.1 Å². The van der Waals surface area contributed by atoms with Crippen molar-refractivity contribution in [2.24, 2.45) is 0 Å². The maximum absolute atomic E-state index is 2.42. The van der Waals surface area contributed by atoms with Gasteiger partial charge in [0.2, 0.25) is 0 Å². The largest absolute Gasteiger partial charge is 0.0772 e. The van der Waals surface area contributed by atoms with Crippen molar-refractivity contribution < 1.29 is 0 Å². The van der Waals surface area contributed by atoms with Crippen LogP contribution < -0.4 is 0 Å². The second-order valence-corrected chi connectivity index (χ2v) is 3.90. The molecule has 0 aromatic carbocycles. The molecule has 0 radical (unpaired) electrons. The molecule has 0 bridgehead atoms. The minimum Gasteiger partial charge on any atom is -0.0772 e. The van der Waals surface area contributed by atoms with Gasteiger partial charge >= 0.3 is 0 Å². The van der Waals surface area contributed by atoms with Gasteiger partial charge in [-0.3, -0.25) is 0 Å². The van der Waals surface area contributed by atoms with Crippen LogP contribution in [-0.4, -0.2) is 0 Å². The third-order valence-electron chi connectivity index (χ3n) is 2.74. The van der Waals surface area contributed by atoms with Gasteiger partial charge < -0.3 is 0 Å². The van der Waals surface area contributed by atoms with Crippen molar-refractivity contribution in [2.75, 3.05) is 0 Å². The molecule has 0 heterocycles. The van der Waals surface area contributed by atoms with E-state index in [0.717, 1.165) is 0 Å². The summed E-state index contributed by atoms with van der Waals surface area (Å²) in [6.07, 6.45) is 14.0. The van der Waals surface area contributed by atoms with Crippen LogP contribution in [0.1, 0.15) is 58.8 Å². The molecule has 0 heteroatoms. The molecule has 1 rings (SSSR count). The van der Waals surface area contributed by atoms with Gasteiger partial charge in [-0.05, 0) is 43.3 Å². The molecule has 0 unspecified atom stereocenters. The summed E-state index contributed by atoms with van der Waals surface area (Å²) >= 11 is 0. The minimum absolute atomic E-state index is 1.19. The molecular formula is C13H22. The molecule has 13 heavy (non-hydrogen) atoms. The highest BCUT2D eigenvalue weighted by molar-refractivity contribution is 5.36. The topological polar surface area (TPSA) is 0 Å². The van der Waals surface area contributed by atoms with Gasteiger partial charge in [0.25, 0.3) is 0 Å². The Morgan fingerprint density at radius 2 is 1.38 bits per heavy atom. The molecular weight excluding hydrogens is 156 g/mol. The SMILES string of the molecule is CCCCC1=CCC=C1CCCC. The lowest BCUT2D eigenvalue weighted by molar-refractivity contribution is 0.756. The van der Waals surface area contributed by atoms with Gasteiger partial charge in [-0.2, -0.15) is 0 Å². The van der Waals surface area contributed by atoms with E-state index in [4.69, 9.17) is 0 Å². The van der Waals surface area contributed by atoms with E-state index in [-0.39, 0.29) is 0 Å². The van der Waals surface area contributed by atoms with E-state index in [0.29, 0.717) is 0 Å². The lowest BCUT2D eigenvalue weighted by Crippen LogP contribution is -1.87. The smallest absolute Gasteiger partial charge is 0.0157 e. The zero-order valence-corrected chi connectivity index (χ0v) is 9.10. The Labute approximate surface area is 82.7 Å². The highest BCUT2D eigenvalue weighted by Crippen LogP contribution is 2.27. The van der Waals surface area contributed by atoms with Crippen LogP contribution >= 0.6 is 0 Å². The van der Waals surface area contributed by atoms with Gasteiger partial charge in [-0.15, -0.1) is 0 Å². The van der Waals surface area contributed by atoms with E-state index in [2.05, 4.69) is 26.0 Å². The molecule has 0 aliphatic heterocycles.